The molecule has 0 spiro atoms. The minimum Gasteiger partial charge on any atom is -0.399 e. The quantitative estimate of drug-likeness (QED) is 0.755. The van der Waals surface area contributed by atoms with Gasteiger partial charge < -0.3 is 16.4 Å². The number of carbonyl (C=O) groups is 1. The first kappa shape index (κ1) is 13.8. The first-order valence-corrected chi connectivity index (χ1v) is 5.89. The standard InChI is InChI=1S/C14H13F2N3O/c15-10-3-6-13(12(16)7-10)19-14(20)18-8-9-1-4-11(17)5-2-9/h1-7H,8,17H2,(H2,18,19,20). The zero-order chi connectivity index (χ0) is 14.5. The molecule has 0 bridgehead atoms. The number of nitrogens with one attached hydrogen (secondary N) is 2. The highest BCUT2D eigenvalue weighted by Gasteiger charge is 2.07. The Morgan fingerprint density at radius 1 is 1.10 bits per heavy atom. The molecule has 0 aliphatic rings. The molecular formula is C14H13F2N3O. The Bertz CT molecular complexity index is 614. The molecule has 0 atom stereocenters. The Morgan fingerprint density at radius 2 is 1.80 bits per heavy atom. The van der Waals surface area contributed by atoms with Crippen LogP contribution in [-0.2, 0) is 6.54 Å². The second kappa shape index (κ2) is 6.01. The lowest BCUT2D eigenvalue weighted by Crippen LogP contribution is -2.28. The highest BCUT2D eigenvalue weighted by Crippen LogP contribution is 2.14. The van der Waals surface area contributed by atoms with Crippen molar-refractivity contribution in [2.45, 2.75) is 6.54 Å². The summed E-state index contributed by atoms with van der Waals surface area (Å²) in [5, 5.41) is 4.86. The van der Waals surface area contributed by atoms with E-state index in [0.717, 1.165) is 17.7 Å². The molecule has 2 aromatic carbocycles. The van der Waals surface area contributed by atoms with Gasteiger partial charge in [0, 0.05) is 18.3 Å². The van der Waals surface area contributed by atoms with Crippen molar-refractivity contribution in [3.63, 3.8) is 0 Å². The Labute approximate surface area is 114 Å². The molecule has 0 heterocycles. The average molecular weight is 277 g/mol. The molecule has 0 aromatic heterocycles. The van der Waals surface area contributed by atoms with Crippen LogP contribution in [0.1, 0.15) is 5.56 Å². The minimum atomic E-state index is -0.826. The van der Waals surface area contributed by atoms with Gasteiger partial charge in [-0.05, 0) is 29.8 Å². The van der Waals surface area contributed by atoms with Crippen LogP contribution in [0.15, 0.2) is 42.5 Å². The van der Waals surface area contributed by atoms with Gasteiger partial charge in [-0.1, -0.05) is 12.1 Å². The lowest BCUT2D eigenvalue weighted by atomic mass is 10.2. The maximum atomic E-state index is 13.3. The maximum absolute atomic E-state index is 13.3. The molecule has 20 heavy (non-hydrogen) atoms. The third-order valence-corrected chi connectivity index (χ3v) is 2.61. The Kier molecular flexibility index (Phi) is 4.14. The van der Waals surface area contributed by atoms with Crippen molar-refractivity contribution in [1.82, 2.24) is 5.32 Å². The van der Waals surface area contributed by atoms with Crippen LogP contribution in [0, 0.1) is 11.6 Å². The van der Waals surface area contributed by atoms with Gasteiger partial charge in [0.25, 0.3) is 0 Å². The second-order valence-electron chi connectivity index (χ2n) is 4.17. The predicted octanol–water partition coefficient (Wildman–Crippen LogP) is 2.87. The molecule has 2 rings (SSSR count). The number of nitrogens with two attached hydrogens (primary N) is 1. The van der Waals surface area contributed by atoms with Gasteiger partial charge in [-0.3, -0.25) is 0 Å². The zero-order valence-electron chi connectivity index (χ0n) is 10.5. The van der Waals surface area contributed by atoms with Crippen LogP contribution < -0.4 is 16.4 Å². The summed E-state index contributed by atoms with van der Waals surface area (Å²) in [7, 11) is 0. The molecule has 0 unspecified atom stereocenters. The van der Waals surface area contributed by atoms with E-state index in [4.69, 9.17) is 5.73 Å². The van der Waals surface area contributed by atoms with E-state index in [2.05, 4.69) is 10.6 Å². The van der Waals surface area contributed by atoms with E-state index in [1.165, 1.54) is 0 Å². The van der Waals surface area contributed by atoms with Gasteiger partial charge >= 0.3 is 6.03 Å². The molecule has 0 aliphatic heterocycles. The number of halogens is 2. The number of benzene rings is 2. The van der Waals surface area contributed by atoms with Crippen molar-refractivity contribution in [2.75, 3.05) is 11.1 Å². The van der Waals surface area contributed by atoms with E-state index in [-0.39, 0.29) is 12.2 Å². The summed E-state index contributed by atoms with van der Waals surface area (Å²) < 4.78 is 26.0. The van der Waals surface area contributed by atoms with Crippen LogP contribution in [0.4, 0.5) is 25.0 Å². The number of carbonyl (C=O) groups excluding carboxylic acids is 1. The molecule has 4 N–H and O–H groups in total. The fraction of sp³-hybridized carbons (Fsp3) is 0.0714. The largest absolute Gasteiger partial charge is 0.399 e. The number of amides is 2. The summed E-state index contributed by atoms with van der Waals surface area (Å²) in [6, 6.07) is 9.33. The van der Waals surface area contributed by atoms with Gasteiger partial charge in [-0.15, -0.1) is 0 Å². The first-order chi connectivity index (χ1) is 9.54. The van der Waals surface area contributed by atoms with Crippen LogP contribution in [0.5, 0.6) is 0 Å². The predicted molar refractivity (Wildman–Crippen MR) is 73.1 cm³/mol. The Morgan fingerprint density at radius 3 is 2.45 bits per heavy atom. The third-order valence-electron chi connectivity index (χ3n) is 2.61. The van der Waals surface area contributed by atoms with Gasteiger partial charge in [0.2, 0.25) is 0 Å². The molecule has 2 amide bonds. The van der Waals surface area contributed by atoms with Gasteiger partial charge in [0.15, 0.2) is 0 Å². The van der Waals surface area contributed by atoms with Crippen molar-refractivity contribution >= 4 is 17.4 Å². The topological polar surface area (TPSA) is 67.1 Å². The van der Waals surface area contributed by atoms with E-state index >= 15 is 0 Å². The van der Waals surface area contributed by atoms with E-state index in [1.54, 1.807) is 24.3 Å². The van der Waals surface area contributed by atoms with Crippen molar-refractivity contribution in [3.8, 4) is 0 Å². The maximum Gasteiger partial charge on any atom is 0.319 e. The zero-order valence-corrected chi connectivity index (χ0v) is 10.5. The Balaban J connectivity index is 1.90. The van der Waals surface area contributed by atoms with Gasteiger partial charge in [-0.2, -0.15) is 0 Å². The van der Waals surface area contributed by atoms with Gasteiger partial charge in [0.05, 0.1) is 5.69 Å². The monoisotopic (exact) mass is 277 g/mol. The highest BCUT2D eigenvalue weighted by atomic mass is 19.1. The van der Waals surface area contributed by atoms with Crippen LogP contribution in [0.2, 0.25) is 0 Å². The number of anilines is 2. The average Bonchev–Trinajstić information content (AvgIpc) is 2.41. The molecule has 6 heteroatoms. The highest BCUT2D eigenvalue weighted by molar-refractivity contribution is 5.89. The summed E-state index contributed by atoms with van der Waals surface area (Å²) in [6.45, 7) is 0.273. The number of hydrogen-bond acceptors (Lipinski definition) is 2. The smallest absolute Gasteiger partial charge is 0.319 e. The SMILES string of the molecule is Nc1ccc(CNC(=O)Nc2ccc(F)cc2F)cc1. The molecule has 0 saturated heterocycles. The fourth-order valence-corrected chi connectivity index (χ4v) is 1.58. The summed E-state index contributed by atoms with van der Waals surface area (Å²) in [5.41, 5.74) is 6.95. The minimum absolute atomic E-state index is 0.0822. The fourth-order valence-electron chi connectivity index (χ4n) is 1.58. The number of urea groups is 1. The first-order valence-electron chi connectivity index (χ1n) is 5.89. The van der Waals surface area contributed by atoms with Gasteiger partial charge in [0.1, 0.15) is 11.6 Å². The molecule has 0 saturated carbocycles. The summed E-state index contributed by atoms with van der Waals surface area (Å²) >= 11 is 0. The molecular weight excluding hydrogens is 264 g/mol. The summed E-state index contributed by atoms with van der Waals surface area (Å²) in [4.78, 5) is 11.6. The van der Waals surface area contributed by atoms with Crippen LogP contribution in [0.3, 0.4) is 0 Å². The lowest BCUT2D eigenvalue weighted by molar-refractivity contribution is 0.251. The second-order valence-corrected chi connectivity index (χ2v) is 4.17. The molecule has 0 radical (unpaired) electrons. The van der Waals surface area contributed by atoms with Crippen LogP contribution in [0.25, 0.3) is 0 Å². The number of nitrogen functional groups attached to an aromatic ring is 1. The molecule has 104 valence electrons. The van der Waals surface area contributed by atoms with Crippen molar-refractivity contribution in [1.29, 1.82) is 0 Å². The van der Waals surface area contributed by atoms with Crippen molar-refractivity contribution in [3.05, 3.63) is 59.7 Å². The number of hydrogen-bond donors (Lipinski definition) is 3. The molecule has 4 nitrogen and oxygen atoms in total. The van der Waals surface area contributed by atoms with E-state index in [0.29, 0.717) is 11.8 Å². The van der Waals surface area contributed by atoms with Gasteiger partial charge in [-0.25, -0.2) is 13.6 Å². The van der Waals surface area contributed by atoms with Crippen molar-refractivity contribution in [2.24, 2.45) is 0 Å². The van der Waals surface area contributed by atoms with E-state index < -0.39 is 17.7 Å². The normalized spacial score (nSPS) is 10.1. The van der Waals surface area contributed by atoms with E-state index in [1.807, 2.05) is 0 Å². The molecule has 0 aliphatic carbocycles. The van der Waals surface area contributed by atoms with Crippen LogP contribution >= 0.6 is 0 Å². The lowest BCUT2D eigenvalue weighted by Gasteiger charge is -2.08. The third kappa shape index (κ3) is 3.68. The molecule has 2 aromatic rings. The van der Waals surface area contributed by atoms with E-state index in [9.17, 15) is 13.6 Å². The summed E-state index contributed by atoms with van der Waals surface area (Å²) in [6.07, 6.45) is 0. The summed E-state index contributed by atoms with van der Waals surface area (Å²) in [5.74, 6) is -1.53. The number of rotatable bonds is 3. The molecule has 0 fully saturated rings. The van der Waals surface area contributed by atoms with Crippen LogP contribution in [-0.4, -0.2) is 6.03 Å². The van der Waals surface area contributed by atoms with Crippen molar-refractivity contribution < 1.29 is 13.6 Å². The Hall–Kier alpha value is -2.63.